The van der Waals surface area contributed by atoms with Crippen LogP contribution in [0.2, 0.25) is 0 Å². The van der Waals surface area contributed by atoms with Crippen molar-refractivity contribution >= 4 is 6.09 Å². The maximum absolute atomic E-state index is 14.1. The molecule has 0 aliphatic heterocycles. The van der Waals surface area contributed by atoms with Crippen LogP contribution in [0, 0.1) is 57.2 Å². The number of rotatable bonds is 14. The third kappa shape index (κ3) is 7.46. The van der Waals surface area contributed by atoms with E-state index in [0.29, 0.717) is 5.41 Å². The quantitative estimate of drug-likeness (QED) is 0.188. The molecule has 8 atom stereocenters. The summed E-state index contributed by atoms with van der Waals surface area (Å²) < 4.78 is 6.52. The summed E-state index contributed by atoms with van der Waals surface area (Å²) in [6.45, 7) is 25.4. The SMILES string of the molecule is CCC(CCCC1CCC2C3CC=C4CC(OC(=O)N(CC(C)(CC)CC)CC5(CC)CC(C)(N)C5)CCC4(C)C3CCC12C)C(C)C. The lowest BCUT2D eigenvalue weighted by Gasteiger charge is -2.58. The molecule has 0 radical (unpaired) electrons. The predicted molar refractivity (Wildman–Crippen MR) is 203 cm³/mol. The molecule has 0 aromatic heterocycles. The van der Waals surface area contributed by atoms with Crippen molar-refractivity contribution in [1.82, 2.24) is 4.90 Å². The predicted octanol–water partition coefficient (Wildman–Crippen LogP) is 12.0. The molecule has 0 spiro atoms. The second-order valence-corrected chi connectivity index (χ2v) is 19.9. The lowest BCUT2D eigenvalue weighted by atomic mass is 9.47. The molecule has 1 amide bonds. The van der Waals surface area contributed by atoms with Gasteiger partial charge in [0.05, 0.1) is 0 Å². The van der Waals surface area contributed by atoms with E-state index in [9.17, 15) is 4.79 Å². The van der Waals surface area contributed by atoms with E-state index in [1.165, 1.54) is 64.2 Å². The number of fused-ring (bicyclic) bond motifs is 5. The van der Waals surface area contributed by atoms with Gasteiger partial charge in [0.15, 0.2) is 0 Å². The van der Waals surface area contributed by atoms with E-state index < -0.39 is 0 Å². The molecule has 5 aliphatic carbocycles. The molecule has 8 unspecified atom stereocenters. The number of hydrogen-bond acceptors (Lipinski definition) is 3. The van der Waals surface area contributed by atoms with Gasteiger partial charge in [0, 0.05) is 25.0 Å². The van der Waals surface area contributed by atoms with Gasteiger partial charge in [0.25, 0.3) is 0 Å². The third-order valence-electron chi connectivity index (χ3n) is 16.5. The highest BCUT2D eigenvalue weighted by Gasteiger charge is 2.58. The number of carbonyl (C=O) groups is 1. The molecule has 4 saturated carbocycles. The normalized spacial score (nSPS) is 39.9. The van der Waals surface area contributed by atoms with Crippen molar-refractivity contribution in [1.29, 1.82) is 0 Å². The summed E-state index contributed by atoms with van der Waals surface area (Å²) in [6, 6.07) is 0. The van der Waals surface area contributed by atoms with E-state index in [4.69, 9.17) is 10.5 Å². The van der Waals surface area contributed by atoms with Crippen LogP contribution in [0.3, 0.4) is 0 Å². The maximum Gasteiger partial charge on any atom is 0.410 e. The number of amides is 1. The number of allylic oxidation sites excluding steroid dienone is 1. The van der Waals surface area contributed by atoms with Crippen LogP contribution in [0.15, 0.2) is 11.6 Å². The first-order valence-electron chi connectivity index (χ1n) is 21.0. The zero-order chi connectivity index (χ0) is 35.1. The minimum Gasteiger partial charge on any atom is -0.446 e. The van der Waals surface area contributed by atoms with Crippen LogP contribution in [0.25, 0.3) is 0 Å². The summed E-state index contributed by atoms with van der Waals surface area (Å²) in [5, 5.41) is 0. The summed E-state index contributed by atoms with van der Waals surface area (Å²) in [4.78, 5) is 16.2. The van der Waals surface area contributed by atoms with Crippen molar-refractivity contribution in [3.8, 4) is 0 Å². The first-order chi connectivity index (χ1) is 22.6. The molecule has 0 bridgehead atoms. The Morgan fingerprint density at radius 1 is 1.02 bits per heavy atom. The number of ether oxygens (including phenoxy) is 1. The van der Waals surface area contributed by atoms with Crippen LogP contribution in [0.1, 0.15) is 178 Å². The zero-order valence-electron chi connectivity index (χ0n) is 33.4. The summed E-state index contributed by atoms with van der Waals surface area (Å²) in [6.07, 6.45) is 23.5. The van der Waals surface area contributed by atoms with Crippen LogP contribution in [0.5, 0.6) is 0 Å². The Morgan fingerprint density at radius 2 is 1.73 bits per heavy atom. The van der Waals surface area contributed by atoms with E-state index in [2.05, 4.69) is 80.2 Å². The first kappa shape index (κ1) is 38.2. The van der Waals surface area contributed by atoms with Crippen molar-refractivity contribution in [3.05, 3.63) is 11.6 Å². The fraction of sp³-hybridized carbons (Fsp3) is 0.932. The van der Waals surface area contributed by atoms with Crippen molar-refractivity contribution < 1.29 is 9.53 Å². The molecule has 48 heavy (non-hydrogen) atoms. The van der Waals surface area contributed by atoms with Gasteiger partial charge in [-0.2, -0.15) is 0 Å². The lowest BCUT2D eigenvalue weighted by molar-refractivity contribution is -0.0567. The molecule has 0 aromatic rings. The van der Waals surface area contributed by atoms with Crippen molar-refractivity contribution in [2.75, 3.05) is 13.1 Å². The fourth-order valence-corrected chi connectivity index (χ4v) is 12.8. The van der Waals surface area contributed by atoms with Gasteiger partial charge in [-0.3, -0.25) is 0 Å². The van der Waals surface area contributed by atoms with Crippen molar-refractivity contribution in [2.24, 2.45) is 62.9 Å². The average molecular weight is 667 g/mol. The molecule has 0 aromatic carbocycles. The molecule has 4 fully saturated rings. The Hall–Kier alpha value is -1.03. The average Bonchev–Trinajstić information content (AvgIpc) is 3.37. The number of carbonyl (C=O) groups excluding carboxylic acids is 1. The maximum atomic E-state index is 14.1. The van der Waals surface area contributed by atoms with Crippen LogP contribution < -0.4 is 5.73 Å². The highest BCUT2D eigenvalue weighted by Crippen LogP contribution is 2.67. The molecule has 0 saturated heterocycles. The largest absolute Gasteiger partial charge is 0.446 e. The Kier molecular flexibility index (Phi) is 11.6. The van der Waals surface area contributed by atoms with E-state index in [0.717, 1.165) is 93.5 Å². The van der Waals surface area contributed by atoms with Crippen molar-refractivity contribution in [3.63, 3.8) is 0 Å². The molecule has 0 heterocycles. The van der Waals surface area contributed by atoms with Gasteiger partial charge in [-0.15, -0.1) is 0 Å². The summed E-state index contributed by atoms with van der Waals surface area (Å²) in [5.74, 6) is 5.19. The van der Waals surface area contributed by atoms with Crippen molar-refractivity contribution in [2.45, 2.75) is 190 Å². The zero-order valence-corrected chi connectivity index (χ0v) is 33.4. The van der Waals surface area contributed by atoms with Gasteiger partial charge in [0.2, 0.25) is 0 Å². The Morgan fingerprint density at radius 3 is 2.33 bits per heavy atom. The monoisotopic (exact) mass is 667 g/mol. The second kappa shape index (κ2) is 14.5. The summed E-state index contributed by atoms with van der Waals surface area (Å²) >= 11 is 0. The van der Waals surface area contributed by atoms with Gasteiger partial charge in [-0.25, -0.2) is 4.79 Å². The molecule has 4 heteroatoms. The van der Waals surface area contributed by atoms with Crippen LogP contribution in [-0.4, -0.2) is 35.7 Å². The van der Waals surface area contributed by atoms with Gasteiger partial charge in [-0.1, -0.05) is 93.2 Å². The smallest absolute Gasteiger partial charge is 0.410 e. The summed E-state index contributed by atoms with van der Waals surface area (Å²) in [5.41, 5.74) is 9.09. The molecule has 276 valence electrons. The highest BCUT2D eigenvalue weighted by molar-refractivity contribution is 5.68. The van der Waals surface area contributed by atoms with Gasteiger partial charge >= 0.3 is 6.09 Å². The first-order valence-corrected chi connectivity index (χ1v) is 21.0. The van der Waals surface area contributed by atoms with E-state index in [1.54, 1.807) is 5.57 Å². The molecule has 4 nitrogen and oxygen atoms in total. The van der Waals surface area contributed by atoms with Gasteiger partial charge < -0.3 is 15.4 Å². The third-order valence-corrected chi connectivity index (χ3v) is 16.5. The minimum absolute atomic E-state index is 0.00614. The standard InChI is InChI=1S/C44H78N2O2/c1-11-32(31(5)6)16-15-17-33-19-21-37-36-20-18-34-26-35(22-24-43(34,10)38(36)23-25-42(33,37)9)48-39(47)46(29-40(7,12-2)13-3)30-44(14-4)27-41(8,45)28-44/h18,31-33,35-38H,11-17,19-30,45H2,1-10H3. The molecule has 5 rings (SSSR count). The Labute approximate surface area is 297 Å². The highest BCUT2D eigenvalue weighted by atomic mass is 16.6. The van der Waals surface area contributed by atoms with Gasteiger partial charge in [-0.05, 0) is 148 Å². The number of hydrogen-bond donors (Lipinski definition) is 1. The minimum atomic E-state index is -0.106. The fourth-order valence-electron chi connectivity index (χ4n) is 12.8. The van der Waals surface area contributed by atoms with Crippen LogP contribution in [0.4, 0.5) is 4.79 Å². The second-order valence-electron chi connectivity index (χ2n) is 19.9. The van der Waals surface area contributed by atoms with Crippen LogP contribution >= 0.6 is 0 Å². The van der Waals surface area contributed by atoms with E-state index in [1.807, 2.05) is 0 Å². The van der Waals surface area contributed by atoms with Crippen LogP contribution in [-0.2, 0) is 4.74 Å². The number of nitrogens with two attached hydrogens (primary N) is 1. The van der Waals surface area contributed by atoms with Gasteiger partial charge in [0.1, 0.15) is 6.10 Å². The summed E-state index contributed by atoms with van der Waals surface area (Å²) in [7, 11) is 0. The Bertz CT molecular complexity index is 1130. The van der Waals surface area contributed by atoms with E-state index in [-0.39, 0.29) is 34.0 Å². The number of nitrogens with zero attached hydrogens (tertiary/aromatic N) is 1. The molecule has 5 aliphatic rings. The Balaban J connectivity index is 1.23. The molecular formula is C44H78N2O2. The van der Waals surface area contributed by atoms with E-state index >= 15 is 0 Å². The molecule has 2 N–H and O–H groups in total. The topological polar surface area (TPSA) is 55.6 Å². The molecular weight excluding hydrogens is 588 g/mol. The lowest BCUT2D eigenvalue weighted by Crippen LogP contribution is -2.60.